The molecule has 84 valence electrons. The number of halogens is 1. The number of benzene rings is 1. The van der Waals surface area contributed by atoms with E-state index in [0.29, 0.717) is 6.07 Å². The molecule has 0 radical (unpaired) electrons. The molecule has 0 aliphatic heterocycles. The maximum Gasteiger partial charge on any atom is 0.238 e. The van der Waals surface area contributed by atoms with Gasteiger partial charge in [0.2, 0.25) is 10.0 Å². The van der Waals surface area contributed by atoms with Crippen molar-refractivity contribution in [3.8, 4) is 0 Å². The molecule has 15 heavy (non-hydrogen) atoms. The van der Waals surface area contributed by atoms with Crippen molar-refractivity contribution in [3.63, 3.8) is 0 Å². The Kier molecular flexibility index (Phi) is 2.85. The quantitative estimate of drug-likeness (QED) is 0.794. The molecule has 5 nitrogen and oxygen atoms in total. The van der Waals surface area contributed by atoms with Crippen molar-refractivity contribution >= 4 is 19.9 Å². The number of sulfonamides is 1. The summed E-state index contributed by atoms with van der Waals surface area (Å²) >= 11 is 0. The predicted octanol–water partition coefficient (Wildman–Crippen LogP) is -0.123. The van der Waals surface area contributed by atoms with Crippen LogP contribution in [0.15, 0.2) is 28.0 Å². The minimum Gasteiger partial charge on any atom is -0.225 e. The Morgan fingerprint density at radius 3 is 2.07 bits per heavy atom. The van der Waals surface area contributed by atoms with Crippen LogP contribution in [0.1, 0.15) is 0 Å². The molecule has 1 aromatic rings. The summed E-state index contributed by atoms with van der Waals surface area (Å²) < 4.78 is 56.8. The normalized spacial score (nSPS) is 12.7. The van der Waals surface area contributed by atoms with E-state index in [1.54, 1.807) is 0 Å². The summed E-state index contributed by atoms with van der Waals surface area (Å²) in [4.78, 5) is -1.03. The molecule has 0 aliphatic carbocycles. The lowest BCUT2D eigenvalue weighted by molar-refractivity contribution is 0.564. The molecule has 0 amide bonds. The smallest absolute Gasteiger partial charge is 0.225 e. The first-order chi connectivity index (χ1) is 6.62. The van der Waals surface area contributed by atoms with Gasteiger partial charge in [0, 0.05) is 6.26 Å². The Hall–Kier alpha value is -0.990. The van der Waals surface area contributed by atoms with Crippen molar-refractivity contribution in [2.24, 2.45) is 5.14 Å². The van der Waals surface area contributed by atoms with Gasteiger partial charge in [-0.3, -0.25) is 0 Å². The van der Waals surface area contributed by atoms with Crippen LogP contribution in [-0.2, 0) is 19.9 Å². The second kappa shape index (κ2) is 3.54. The second-order valence-corrected chi connectivity index (χ2v) is 6.45. The van der Waals surface area contributed by atoms with E-state index in [1.165, 1.54) is 0 Å². The zero-order chi connectivity index (χ0) is 11.9. The highest BCUT2D eigenvalue weighted by molar-refractivity contribution is 7.90. The van der Waals surface area contributed by atoms with Gasteiger partial charge in [0.15, 0.2) is 9.84 Å². The first-order valence-electron chi connectivity index (χ1n) is 3.65. The summed E-state index contributed by atoms with van der Waals surface area (Å²) in [7, 11) is -7.73. The third-order valence-corrected chi connectivity index (χ3v) is 3.67. The molecule has 0 saturated heterocycles. The topological polar surface area (TPSA) is 94.3 Å². The number of hydrogen-bond donors (Lipinski definition) is 1. The summed E-state index contributed by atoms with van der Waals surface area (Å²) in [6, 6.07) is 2.38. The van der Waals surface area contributed by atoms with Gasteiger partial charge in [0.25, 0.3) is 0 Å². The molecular weight excluding hydrogens is 245 g/mol. The van der Waals surface area contributed by atoms with E-state index in [-0.39, 0.29) is 0 Å². The first kappa shape index (κ1) is 12.1. The van der Waals surface area contributed by atoms with Crippen LogP contribution in [0.2, 0.25) is 0 Å². The zero-order valence-corrected chi connectivity index (χ0v) is 9.27. The van der Waals surface area contributed by atoms with Gasteiger partial charge in [0.05, 0.1) is 4.90 Å². The van der Waals surface area contributed by atoms with Gasteiger partial charge in [-0.2, -0.15) is 0 Å². The Bertz CT molecular complexity index is 591. The van der Waals surface area contributed by atoms with E-state index >= 15 is 0 Å². The van der Waals surface area contributed by atoms with Crippen molar-refractivity contribution in [3.05, 3.63) is 24.0 Å². The van der Waals surface area contributed by atoms with Gasteiger partial charge >= 0.3 is 0 Å². The summed E-state index contributed by atoms with van der Waals surface area (Å²) in [6.45, 7) is 0. The fourth-order valence-corrected chi connectivity index (χ4v) is 2.21. The van der Waals surface area contributed by atoms with Crippen molar-refractivity contribution in [1.29, 1.82) is 0 Å². The molecule has 0 spiro atoms. The lowest BCUT2D eigenvalue weighted by Crippen LogP contribution is -2.13. The monoisotopic (exact) mass is 253 g/mol. The highest BCUT2D eigenvalue weighted by Crippen LogP contribution is 2.17. The first-order valence-corrected chi connectivity index (χ1v) is 7.08. The van der Waals surface area contributed by atoms with Gasteiger partial charge in [-0.15, -0.1) is 0 Å². The Morgan fingerprint density at radius 2 is 1.73 bits per heavy atom. The van der Waals surface area contributed by atoms with Crippen LogP contribution in [-0.4, -0.2) is 23.1 Å². The molecule has 0 aliphatic rings. The van der Waals surface area contributed by atoms with Crippen LogP contribution in [0, 0.1) is 5.82 Å². The van der Waals surface area contributed by atoms with E-state index in [2.05, 4.69) is 0 Å². The standard InChI is InChI=1S/C7H8FNO4S2/c1-14(10,11)7-3-2-5(4-6(7)8)15(9,12)13/h2-4H,1H3,(H2,9,12,13). The van der Waals surface area contributed by atoms with Gasteiger partial charge in [-0.25, -0.2) is 26.4 Å². The van der Waals surface area contributed by atoms with Gasteiger partial charge in [0.1, 0.15) is 10.7 Å². The fraction of sp³-hybridized carbons (Fsp3) is 0.143. The third-order valence-electron chi connectivity index (χ3n) is 1.63. The number of nitrogens with two attached hydrogens (primary N) is 1. The molecule has 0 bridgehead atoms. The molecule has 1 rings (SSSR count). The molecular formula is C7H8FNO4S2. The lowest BCUT2D eigenvalue weighted by Gasteiger charge is -2.02. The van der Waals surface area contributed by atoms with E-state index in [0.717, 1.165) is 18.4 Å². The van der Waals surface area contributed by atoms with Gasteiger partial charge < -0.3 is 0 Å². The van der Waals surface area contributed by atoms with Crippen molar-refractivity contribution in [2.45, 2.75) is 9.79 Å². The molecule has 0 atom stereocenters. The van der Waals surface area contributed by atoms with Gasteiger partial charge in [-0.1, -0.05) is 0 Å². The van der Waals surface area contributed by atoms with Crippen LogP contribution in [0.3, 0.4) is 0 Å². The number of primary sulfonamides is 1. The molecule has 8 heteroatoms. The predicted molar refractivity (Wildman–Crippen MR) is 50.9 cm³/mol. The van der Waals surface area contributed by atoms with Crippen LogP contribution in [0.25, 0.3) is 0 Å². The SMILES string of the molecule is CS(=O)(=O)c1ccc(S(N)(=O)=O)cc1F. The molecule has 0 aromatic heterocycles. The summed E-state index contributed by atoms with van der Waals surface area (Å²) in [5, 5.41) is 4.74. The minimum atomic E-state index is -4.02. The summed E-state index contributed by atoms with van der Waals surface area (Å²) in [6.07, 6.45) is 0.821. The average Bonchev–Trinajstić information content (AvgIpc) is 1.99. The number of hydrogen-bond acceptors (Lipinski definition) is 4. The maximum absolute atomic E-state index is 13.2. The molecule has 0 fully saturated rings. The molecule has 0 saturated carbocycles. The summed E-state index contributed by atoms with van der Waals surface area (Å²) in [5.41, 5.74) is 0. The van der Waals surface area contributed by atoms with E-state index in [4.69, 9.17) is 5.14 Å². The maximum atomic E-state index is 13.2. The number of rotatable bonds is 2. The highest BCUT2D eigenvalue weighted by Gasteiger charge is 2.17. The van der Waals surface area contributed by atoms with E-state index in [1.807, 2.05) is 0 Å². The highest BCUT2D eigenvalue weighted by atomic mass is 32.2. The molecule has 1 aromatic carbocycles. The molecule has 0 heterocycles. The second-order valence-electron chi connectivity index (χ2n) is 2.91. The van der Waals surface area contributed by atoms with Crippen LogP contribution in [0.4, 0.5) is 4.39 Å². The van der Waals surface area contributed by atoms with Gasteiger partial charge in [-0.05, 0) is 18.2 Å². The fourth-order valence-electron chi connectivity index (χ4n) is 0.959. The summed E-state index contributed by atoms with van der Waals surface area (Å²) in [5.74, 6) is -1.14. The Morgan fingerprint density at radius 1 is 1.20 bits per heavy atom. The molecule has 0 unspecified atom stereocenters. The minimum absolute atomic E-state index is 0.465. The lowest BCUT2D eigenvalue weighted by atomic mass is 10.3. The largest absolute Gasteiger partial charge is 0.238 e. The van der Waals surface area contributed by atoms with Crippen molar-refractivity contribution < 1.29 is 21.2 Å². The third kappa shape index (κ3) is 2.74. The Balaban J connectivity index is 3.47. The van der Waals surface area contributed by atoms with Crippen molar-refractivity contribution in [2.75, 3.05) is 6.26 Å². The van der Waals surface area contributed by atoms with E-state index < -0.39 is 35.5 Å². The van der Waals surface area contributed by atoms with E-state index in [9.17, 15) is 21.2 Å². The zero-order valence-electron chi connectivity index (χ0n) is 7.64. The molecule has 2 N–H and O–H groups in total. The van der Waals surface area contributed by atoms with Crippen LogP contribution < -0.4 is 5.14 Å². The number of sulfone groups is 1. The van der Waals surface area contributed by atoms with Crippen molar-refractivity contribution in [1.82, 2.24) is 0 Å². The van der Waals surface area contributed by atoms with Crippen LogP contribution in [0.5, 0.6) is 0 Å². The average molecular weight is 253 g/mol. The Labute approximate surface area is 86.7 Å². The van der Waals surface area contributed by atoms with Crippen LogP contribution >= 0.6 is 0 Å².